The monoisotopic (exact) mass is 979 g/mol. The zero-order valence-electron chi connectivity index (χ0n) is 41.8. The maximum Gasteiger partial charge on any atom is 0.338 e. The van der Waals surface area contributed by atoms with Crippen LogP contribution in [0.5, 0.6) is 0 Å². The summed E-state index contributed by atoms with van der Waals surface area (Å²) in [6, 6.07) is 0. The van der Waals surface area contributed by atoms with Crippen LogP contribution in [0.3, 0.4) is 0 Å². The van der Waals surface area contributed by atoms with Crippen molar-refractivity contribution in [2.24, 2.45) is 23.7 Å². The fraction of sp³-hybridized carbons (Fsp3) is 0.780. The largest absolute Gasteiger partial charge is 0.462 e. The second kappa shape index (κ2) is 21.8. The van der Waals surface area contributed by atoms with Gasteiger partial charge in [-0.15, -0.1) is 0 Å². The first-order chi connectivity index (χ1) is 32.1. The highest BCUT2D eigenvalue weighted by atomic mass is 32.2. The minimum Gasteiger partial charge on any atom is -0.462 e. The molecule has 0 amide bonds. The van der Waals surface area contributed by atoms with E-state index in [9.17, 15) is 23.4 Å². The number of hydrogen-bond acceptors (Lipinski definition) is 16. The van der Waals surface area contributed by atoms with Gasteiger partial charge in [0.05, 0.1) is 49.3 Å². The van der Waals surface area contributed by atoms with Crippen LogP contribution in [0.4, 0.5) is 0 Å². The Morgan fingerprint density at radius 1 is 0.897 bits per heavy atom. The molecule has 4 saturated heterocycles. The molecular weight excluding hydrogens is 903 g/mol. The van der Waals surface area contributed by atoms with Crippen molar-refractivity contribution in [1.29, 1.82) is 0 Å². The van der Waals surface area contributed by atoms with Gasteiger partial charge in [0, 0.05) is 65.8 Å². The summed E-state index contributed by atoms with van der Waals surface area (Å²) < 4.78 is 95.9. The summed E-state index contributed by atoms with van der Waals surface area (Å²) in [6.07, 6.45) is 6.90. The van der Waals surface area contributed by atoms with Crippen molar-refractivity contribution in [3.8, 4) is 0 Å². The molecule has 2 N–H and O–H groups in total. The fourth-order valence-electron chi connectivity index (χ4n) is 10.9. The first-order valence-corrected chi connectivity index (χ1v) is 25.8. The highest BCUT2D eigenvalue weighted by Gasteiger charge is 2.60. The number of rotatable bonds is 11. The summed E-state index contributed by atoms with van der Waals surface area (Å²) in [6.45, 7) is 15.9. The Kier molecular flexibility index (Phi) is 17.1. The number of methoxy groups -OCH3 is 2. The van der Waals surface area contributed by atoms with Gasteiger partial charge in [-0.25, -0.2) is 4.18 Å². The van der Waals surface area contributed by atoms with Crippen LogP contribution in [0, 0.1) is 23.7 Å². The normalized spacial score (nSPS) is 46.2. The Hall–Kier alpha value is -2.40. The molecule has 68 heavy (non-hydrogen) atoms. The predicted octanol–water partition coefficient (Wildman–Crippen LogP) is 5.21. The van der Waals surface area contributed by atoms with Gasteiger partial charge in [-0.05, 0) is 62.8 Å². The van der Waals surface area contributed by atoms with E-state index >= 15 is 0 Å². The molecule has 1 unspecified atom stereocenters. The van der Waals surface area contributed by atoms with Crippen molar-refractivity contribution < 1.29 is 75.0 Å². The Morgan fingerprint density at radius 2 is 1.56 bits per heavy atom. The zero-order chi connectivity index (χ0) is 49.5. The summed E-state index contributed by atoms with van der Waals surface area (Å²) in [7, 11) is 1.90. The van der Waals surface area contributed by atoms with Crippen molar-refractivity contribution in [2.45, 2.75) is 191 Å². The highest BCUT2D eigenvalue weighted by molar-refractivity contribution is 7.84. The van der Waals surface area contributed by atoms with Gasteiger partial charge < -0.3 is 57.6 Å². The lowest BCUT2D eigenvalue weighted by atomic mass is 9.71. The molecule has 4 fully saturated rings. The van der Waals surface area contributed by atoms with E-state index in [2.05, 4.69) is 32.9 Å². The molecule has 0 saturated carbocycles. The summed E-state index contributed by atoms with van der Waals surface area (Å²) in [5, 5.41) is 23.8. The van der Waals surface area contributed by atoms with Gasteiger partial charge in [0.25, 0.3) is 0 Å². The topological polar surface area (TPSA) is 196 Å². The van der Waals surface area contributed by atoms with Crippen LogP contribution in [0.2, 0.25) is 0 Å². The number of aliphatic hydroxyl groups excluding tert-OH is 1. The van der Waals surface area contributed by atoms with E-state index in [4.69, 9.17) is 51.6 Å². The lowest BCUT2D eigenvalue weighted by Crippen LogP contribution is -2.58. The Bertz CT molecular complexity index is 2040. The number of carbonyl (C=O) groups excluding carboxylic acids is 1. The van der Waals surface area contributed by atoms with E-state index in [0.717, 1.165) is 16.3 Å². The number of allylic oxidation sites excluding steroid dienone is 2. The maximum absolute atomic E-state index is 14.4. The number of esters is 1. The van der Waals surface area contributed by atoms with E-state index in [-0.39, 0.29) is 43.3 Å². The Balaban J connectivity index is 1.15. The number of ether oxygens (including phenoxy) is 10. The van der Waals surface area contributed by atoms with Crippen LogP contribution < -0.4 is 0 Å². The molecule has 0 aromatic carbocycles. The van der Waals surface area contributed by atoms with Crippen LogP contribution in [-0.4, -0.2) is 161 Å². The van der Waals surface area contributed by atoms with E-state index in [1.54, 1.807) is 33.1 Å². The summed E-state index contributed by atoms with van der Waals surface area (Å²) in [5.41, 5.74) is 0.0395. The van der Waals surface area contributed by atoms with Crippen molar-refractivity contribution >= 4 is 16.3 Å². The third kappa shape index (κ3) is 11.1. The molecule has 17 nitrogen and oxygen atoms in total. The number of aliphatic hydroxyl groups is 2. The molecule has 0 radical (unpaired) electrons. The average Bonchev–Trinajstić information content (AvgIpc) is 3.63. The van der Waals surface area contributed by atoms with E-state index in [0.29, 0.717) is 30.4 Å². The SMILES string of the molecule is CCC(C)[C@H]1O[C@]2(C=C[C@@H]1C)C[C@@H]1C[C@@H](C/C=C(\C)[C@@H](O[C@H]3C[C@H](OC)[C@@H](O[C@H]4C[C@H](OC)[C@@H](OS(=O)(=O)N(C)C)[C@H](C)O4)[C@H](C)O3)[C@@H](C)/C=C/C=C3\CO[C@@H]4[C@H](O)C(C)=C[C@@H](C(=O)O1)[C@]34O)O2. The summed E-state index contributed by atoms with van der Waals surface area (Å²) in [5.74, 6) is -2.71. The van der Waals surface area contributed by atoms with Crippen LogP contribution in [0.15, 0.2) is 59.3 Å². The third-order valence-corrected chi connectivity index (χ3v) is 16.5. The quantitative estimate of drug-likeness (QED) is 0.202. The van der Waals surface area contributed by atoms with Crippen LogP contribution in [-0.2, 0) is 66.7 Å². The third-order valence-electron chi connectivity index (χ3n) is 15.2. The minimum atomic E-state index is -4.00. The molecule has 6 heterocycles. The van der Waals surface area contributed by atoms with Gasteiger partial charge in [-0.1, -0.05) is 70.6 Å². The molecule has 20 atom stereocenters. The Labute approximate surface area is 403 Å². The molecule has 7 aliphatic rings. The second-order valence-electron chi connectivity index (χ2n) is 20.3. The molecule has 6 aliphatic heterocycles. The number of nitrogens with zero attached hydrogens (tertiary/aromatic N) is 1. The average molecular weight is 980 g/mol. The first-order valence-electron chi connectivity index (χ1n) is 24.4. The van der Waals surface area contributed by atoms with Crippen LogP contribution >= 0.6 is 0 Å². The van der Waals surface area contributed by atoms with E-state index in [1.165, 1.54) is 21.2 Å². The Morgan fingerprint density at radius 3 is 2.22 bits per heavy atom. The van der Waals surface area contributed by atoms with E-state index in [1.807, 2.05) is 39.0 Å². The van der Waals surface area contributed by atoms with Gasteiger partial charge in [-0.3, -0.25) is 4.79 Å². The number of carbonyl (C=O) groups is 1. The maximum atomic E-state index is 14.4. The number of fused-ring (bicyclic) bond motifs is 2. The molecule has 7 rings (SSSR count). The molecule has 2 bridgehead atoms. The highest BCUT2D eigenvalue weighted by Crippen LogP contribution is 2.47. The molecule has 384 valence electrons. The molecule has 1 aliphatic carbocycles. The second-order valence-corrected chi connectivity index (χ2v) is 22.0. The van der Waals surface area contributed by atoms with Crippen molar-refractivity contribution in [1.82, 2.24) is 4.31 Å². The van der Waals surface area contributed by atoms with Crippen molar-refractivity contribution in [3.05, 3.63) is 59.3 Å². The van der Waals surface area contributed by atoms with Gasteiger partial charge in [0.2, 0.25) is 0 Å². The molecular formula is C50H77NO16S. The molecule has 1 spiro atoms. The standard InChI is InChI=1S/C50H77NO16S/c1-13-27(2)44-30(5)19-20-49(66-44)25-36-22-35(65-49)18-17-29(4)43(28(3)15-14-16-34-26-59-47-42(52)31(6)21-37(48(53)62-36)50(34,47)54)63-40-23-38(57-11)45(32(7)60-40)64-41-24-39(58-12)46(33(8)61-41)67-68(55,56)51(9)10/h14-17,19-21,27-28,30,32-33,35-47,52,54H,13,18,22-26H2,1-12H3/b15-14+,29-17+,34-16+/t27?,28-,30-,32-,33-,35+,36-,37-,38-,39-,40-,41-,42+,43-,44+,45-,46-,47+,49+,50+/m0/s1. The van der Waals surface area contributed by atoms with Gasteiger partial charge >= 0.3 is 16.3 Å². The van der Waals surface area contributed by atoms with Gasteiger partial charge in [0.15, 0.2) is 18.4 Å². The lowest BCUT2D eigenvalue weighted by molar-refractivity contribution is -0.317. The van der Waals surface area contributed by atoms with Gasteiger partial charge in [0.1, 0.15) is 42.0 Å². The summed E-state index contributed by atoms with van der Waals surface area (Å²) >= 11 is 0. The smallest absolute Gasteiger partial charge is 0.338 e. The first kappa shape index (κ1) is 53.4. The molecule has 18 heteroatoms. The fourth-order valence-corrected chi connectivity index (χ4v) is 11.6. The van der Waals surface area contributed by atoms with Crippen LogP contribution in [0.25, 0.3) is 0 Å². The zero-order valence-corrected chi connectivity index (χ0v) is 42.7. The molecule has 0 aromatic heterocycles. The molecule has 0 aromatic rings. The minimum absolute atomic E-state index is 0.0100. The lowest BCUT2D eigenvalue weighted by Gasteiger charge is -2.48. The summed E-state index contributed by atoms with van der Waals surface area (Å²) in [4.78, 5) is 14.4. The van der Waals surface area contributed by atoms with Gasteiger partial charge in [-0.2, -0.15) is 12.7 Å². The predicted molar refractivity (Wildman–Crippen MR) is 249 cm³/mol. The van der Waals surface area contributed by atoms with Crippen molar-refractivity contribution in [2.75, 3.05) is 34.9 Å². The van der Waals surface area contributed by atoms with E-state index < -0.39 is 113 Å². The van der Waals surface area contributed by atoms with Crippen molar-refractivity contribution in [3.63, 3.8) is 0 Å². The van der Waals surface area contributed by atoms with Crippen LogP contribution in [0.1, 0.15) is 93.9 Å². The number of hydrogen-bond donors (Lipinski definition) is 2.